The zero-order chi connectivity index (χ0) is 15.9. The molecule has 1 N–H and O–H groups in total. The predicted octanol–water partition coefficient (Wildman–Crippen LogP) is 4.65. The molecule has 0 unspecified atom stereocenters. The van der Waals surface area contributed by atoms with Gasteiger partial charge in [-0.15, -0.1) is 0 Å². The molecule has 3 rings (SSSR count). The van der Waals surface area contributed by atoms with E-state index < -0.39 is 0 Å². The smallest absolute Gasteiger partial charge is 0.232 e. The Morgan fingerprint density at radius 3 is 1.87 bits per heavy atom. The van der Waals surface area contributed by atoms with Gasteiger partial charge in [0.25, 0.3) is 0 Å². The van der Waals surface area contributed by atoms with Crippen molar-refractivity contribution in [3.8, 4) is 0 Å². The fourth-order valence-corrected chi connectivity index (χ4v) is 2.65. The van der Waals surface area contributed by atoms with Gasteiger partial charge in [0.05, 0.1) is 5.92 Å². The van der Waals surface area contributed by atoms with Gasteiger partial charge in [0, 0.05) is 5.69 Å². The van der Waals surface area contributed by atoms with Crippen LogP contribution in [0.2, 0.25) is 0 Å². The molecule has 0 fully saturated rings. The lowest BCUT2D eigenvalue weighted by Gasteiger charge is -2.17. The molecule has 0 aliphatic heterocycles. The molecule has 2 heteroatoms. The molecule has 0 saturated heterocycles. The first-order valence-corrected chi connectivity index (χ1v) is 7.78. The number of hydrogen-bond acceptors (Lipinski definition) is 1. The van der Waals surface area contributed by atoms with Gasteiger partial charge < -0.3 is 5.32 Å². The van der Waals surface area contributed by atoms with Crippen LogP contribution in [0.15, 0.2) is 91.0 Å². The molecule has 0 bridgehead atoms. The third-order valence-corrected chi connectivity index (χ3v) is 3.84. The summed E-state index contributed by atoms with van der Waals surface area (Å²) in [6.45, 7) is 0. The standard InChI is InChI=1S/C21H19NO/c23-21(22-19-14-8-3-9-15-19)20(18-12-6-2-7-13-18)16-17-10-4-1-5-11-17/h1-15,20H,16H2,(H,22,23)/t20-/m1/s1. The van der Waals surface area contributed by atoms with Crippen LogP contribution < -0.4 is 5.32 Å². The number of nitrogens with one attached hydrogen (secondary N) is 1. The molecule has 1 amide bonds. The Morgan fingerprint density at radius 2 is 1.26 bits per heavy atom. The Balaban J connectivity index is 1.84. The van der Waals surface area contributed by atoms with Crippen LogP contribution >= 0.6 is 0 Å². The van der Waals surface area contributed by atoms with Crippen molar-refractivity contribution >= 4 is 11.6 Å². The minimum Gasteiger partial charge on any atom is -0.326 e. The Bertz CT molecular complexity index is 739. The van der Waals surface area contributed by atoms with Gasteiger partial charge in [-0.25, -0.2) is 0 Å². The summed E-state index contributed by atoms with van der Waals surface area (Å²) in [6, 6.07) is 29.7. The third-order valence-electron chi connectivity index (χ3n) is 3.84. The monoisotopic (exact) mass is 301 g/mol. The van der Waals surface area contributed by atoms with Crippen molar-refractivity contribution in [2.75, 3.05) is 5.32 Å². The molecule has 0 aromatic heterocycles. The molecule has 3 aromatic rings. The molecule has 114 valence electrons. The predicted molar refractivity (Wildman–Crippen MR) is 94.4 cm³/mol. The molecule has 0 heterocycles. The number of rotatable bonds is 5. The van der Waals surface area contributed by atoms with Crippen LogP contribution in [0, 0.1) is 0 Å². The van der Waals surface area contributed by atoms with Gasteiger partial charge in [-0.05, 0) is 29.7 Å². The van der Waals surface area contributed by atoms with Crippen LogP contribution in [0.3, 0.4) is 0 Å². The molecule has 0 saturated carbocycles. The van der Waals surface area contributed by atoms with E-state index in [4.69, 9.17) is 0 Å². The largest absolute Gasteiger partial charge is 0.326 e. The van der Waals surface area contributed by atoms with Crippen LogP contribution in [0.1, 0.15) is 17.0 Å². The average molecular weight is 301 g/mol. The Kier molecular flexibility index (Phi) is 4.85. The van der Waals surface area contributed by atoms with E-state index in [1.165, 1.54) is 0 Å². The summed E-state index contributed by atoms with van der Waals surface area (Å²) in [5.74, 6) is -0.190. The van der Waals surface area contributed by atoms with Gasteiger partial charge in [0.1, 0.15) is 0 Å². The minimum atomic E-state index is -0.209. The topological polar surface area (TPSA) is 29.1 Å². The van der Waals surface area contributed by atoms with Gasteiger partial charge in [-0.2, -0.15) is 0 Å². The molecular weight excluding hydrogens is 282 g/mol. The second-order valence-corrected chi connectivity index (χ2v) is 5.51. The summed E-state index contributed by atoms with van der Waals surface area (Å²) in [5, 5.41) is 3.02. The quantitative estimate of drug-likeness (QED) is 0.730. The lowest BCUT2D eigenvalue weighted by Crippen LogP contribution is -2.23. The van der Waals surface area contributed by atoms with Crippen molar-refractivity contribution in [1.29, 1.82) is 0 Å². The van der Waals surface area contributed by atoms with Crippen molar-refractivity contribution < 1.29 is 4.79 Å². The summed E-state index contributed by atoms with van der Waals surface area (Å²) >= 11 is 0. The number of hydrogen-bond donors (Lipinski definition) is 1. The second-order valence-electron chi connectivity index (χ2n) is 5.51. The number of carbonyl (C=O) groups excluding carboxylic acids is 1. The van der Waals surface area contributed by atoms with Gasteiger partial charge in [0.2, 0.25) is 5.91 Å². The fourth-order valence-electron chi connectivity index (χ4n) is 2.65. The van der Waals surface area contributed by atoms with E-state index in [-0.39, 0.29) is 11.8 Å². The molecule has 3 aromatic carbocycles. The second kappa shape index (κ2) is 7.41. The molecular formula is C21H19NO. The third kappa shape index (κ3) is 4.07. The molecule has 0 aliphatic carbocycles. The lowest BCUT2D eigenvalue weighted by atomic mass is 9.91. The SMILES string of the molecule is O=C(Nc1ccccc1)[C@H](Cc1ccccc1)c1ccccc1. The first-order valence-electron chi connectivity index (χ1n) is 7.78. The highest BCUT2D eigenvalue weighted by molar-refractivity contribution is 5.96. The van der Waals surface area contributed by atoms with E-state index in [1.807, 2.05) is 78.9 Å². The van der Waals surface area contributed by atoms with Crippen molar-refractivity contribution in [3.63, 3.8) is 0 Å². The summed E-state index contributed by atoms with van der Waals surface area (Å²) in [5.41, 5.74) is 3.01. The highest BCUT2D eigenvalue weighted by Crippen LogP contribution is 2.23. The summed E-state index contributed by atoms with van der Waals surface area (Å²) in [4.78, 5) is 12.8. The van der Waals surface area contributed by atoms with Gasteiger partial charge in [-0.3, -0.25) is 4.79 Å². The van der Waals surface area contributed by atoms with E-state index in [9.17, 15) is 4.79 Å². The van der Waals surface area contributed by atoms with Crippen molar-refractivity contribution in [2.45, 2.75) is 12.3 Å². The average Bonchev–Trinajstić information content (AvgIpc) is 2.62. The Labute approximate surface area is 136 Å². The van der Waals surface area contributed by atoms with Crippen LogP contribution in [0.4, 0.5) is 5.69 Å². The number of carbonyl (C=O) groups is 1. The Morgan fingerprint density at radius 1 is 0.739 bits per heavy atom. The van der Waals surface area contributed by atoms with Crippen molar-refractivity contribution in [3.05, 3.63) is 102 Å². The van der Waals surface area contributed by atoms with Crippen LogP contribution in [-0.4, -0.2) is 5.91 Å². The van der Waals surface area contributed by atoms with Gasteiger partial charge in [0.15, 0.2) is 0 Å². The van der Waals surface area contributed by atoms with Crippen molar-refractivity contribution in [2.24, 2.45) is 0 Å². The highest BCUT2D eigenvalue weighted by Gasteiger charge is 2.21. The van der Waals surface area contributed by atoms with Crippen LogP contribution in [0.5, 0.6) is 0 Å². The summed E-state index contributed by atoms with van der Waals surface area (Å²) in [7, 11) is 0. The fraction of sp³-hybridized carbons (Fsp3) is 0.0952. The van der Waals surface area contributed by atoms with E-state index >= 15 is 0 Å². The molecule has 2 nitrogen and oxygen atoms in total. The first kappa shape index (κ1) is 15.0. The van der Waals surface area contributed by atoms with Gasteiger partial charge >= 0.3 is 0 Å². The van der Waals surface area contributed by atoms with E-state index in [0.717, 1.165) is 16.8 Å². The van der Waals surface area contributed by atoms with Crippen molar-refractivity contribution in [1.82, 2.24) is 0 Å². The van der Waals surface area contributed by atoms with Crippen LogP contribution in [-0.2, 0) is 11.2 Å². The number of anilines is 1. The number of benzene rings is 3. The zero-order valence-electron chi connectivity index (χ0n) is 12.9. The molecule has 0 aliphatic rings. The van der Waals surface area contributed by atoms with Crippen LogP contribution in [0.25, 0.3) is 0 Å². The van der Waals surface area contributed by atoms with E-state index in [2.05, 4.69) is 17.4 Å². The molecule has 1 atom stereocenters. The summed E-state index contributed by atoms with van der Waals surface area (Å²) in [6.07, 6.45) is 0.684. The lowest BCUT2D eigenvalue weighted by molar-refractivity contribution is -0.117. The van der Waals surface area contributed by atoms with E-state index in [1.54, 1.807) is 0 Å². The molecule has 23 heavy (non-hydrogen) atoms. The van der Waals surface area contributed by atoms with E-state index in [0.29, 0.717) is 6.42 Å². The highest BCUT2D eigenvalue weighted by atomic mass is 16.1. The maximum atomic E-state index is 12.8. The molecule has 0 spiro atoms. The summed E-state index contributed by atoms with van der Waals surface area (Å²) < 4.78 is 0. The number of amides is 1. The normalized spacial score (nSPS) is 11.7. The van der Waals surface area contributed by atoms with Gasteiger partial charge in [-0.1, -0.05) is 78.9 Å². The maximum absolute atomic E-state index is 12.8. The minimum absolute atomic E-state index is 0.0197. The Hall–Kier alpha value is -2.87. The first-order chi connectivity index (χ1) is 11.3. The molecule has 0 radical (unpaired) electrons. The number of para-hydroxylation sites is 1. The maximum Gasteiger partial charge on any atom is 0.232 e. The zero-order valence-corrected chi connectivity index (χ0v) is 12.9.